The highest BCUT2D eigenvalue weighted by Gasteiger charge is 2.19. The lowest BCUT2D eigenvalue weighted by Gasteiger charge is -2.25. The maximum absolute atomic E-state index is 5.57. The first-order valence-electron chi connectivity index (χ1n) is 4.79. The molecule has 1 aliphatic rings. The second-order valence-corrected chi connectivity index (χ2v) is 3.42. The van der Waals surface area contributed by atoms with E-state index in [-0.39, 0.29) is 12.1 Å². The minimum Gasteiger partial charge on any atom is -0.376 e. The van der Waals surface area contributed by atoms with Gasteiger partial charge in [0.1, 0.15) is 0 Å². The molecule has 0 saturated carbocycles. The van der Waals surface area contributed by atoms with Gasteiger partial charge in [0, 0.05) is 26.2 Å². The van der Waals surface area contributed by atoms with E-state index >= 15 is 0 Å². The molecule has 0 aromatic heterocycles. The number of rotatable bonds is 2. The molecule has 1 fully saturated rings. The van der Waals surface area contributed by atoms with E-state index in [2.05, 4.69) is 10.8 Å². The maximum Gasteiger partial charge on any atom is 0.0824 e. The van der Waals surface area contributed by atoms with Crippen LogP contribution in [0.2, 0.25) is 0 Å². The zero-order valence-corrected chi connectivity index (χ0v) is 8.20. The predicted molar refractivity (Wildman–Crippen MR) is 53.3 cm³/mol. The van der Waals surface area contributed by atoms with Crippen molar-refractivity contribution >= 4 is 0 Å². The second-order valence-electron chi connectivity index (χ2n) is 3.42. The highest BCUT2D eigenvalue weighted by Crippen LogP contribution is 2.08. The van der Waals surface area contributed by atoms with Crippen molar-refractivity contribution in [1.82, 2.24) is 4.90 Å². The van der Waals surface area contributed by atoms with E-state index in [9.17, 15) is 0 Å². The molecule has 0 aromatic rings. The van der Waals surface area contributed by atoms with Crippen molar-refractivity contribution in [3.8, 4) is 12.3 Å². The van der Waals surface area contributed by atoms with Crippen LogP contribution >= 0.6 is 0 Å². The Morgan fingerprint density at radius 2 is 2.54 bits per heavy atom. The lowest BCUT2D eigenvalue weighted by Crippen LogP contribution is -2.40. The van der Waals surface area contributed by atoms with Gasteiger partial charge in [0.2, 0.25) is 0 Å². The lowest BCUT2D eigenvalue weighted by molar-refractivity contribution is 0.0584. The minimum absolute atomic E-state index is 0.151. The SMILES string of the molecule is C#CC(C)N1CCCOC(CN)C1. The van der Waals surface area contributed by atoms with Gasteiger partial charge >= 0.3 is 0 Å². The summed E-state index contributed by atoms with van der Waals surface area (Å²) >= 11 is 0. The van der Waals surface area contributed by atoms with Crippen LogP contribution in [0.4, 0.5) is 0 Å². The molecule has 13 heavy (non-hydrogen) atoms. The molecular weight excluding hydrogens is 164 g/mol. The van der Waals surface area contributed by atoms with Crippen LogP contribution in [0.15, 0.2) is 0 Å². The number of nitrogens with zero attached hydrogens (tertiary/aromatic N) is 1. The normalized spacial score (nSPS) is 27.6. The predicted octanol–water partition coefficient (Wildman–Crippen LogP) is 0.0577. The Morgan fingerprint density at radius 3 is 3.15 bits per heavy atom. The van der Waals surface area contributed by atoms with Gasteiger partial charge in [-0.05, 0) is 13.3 Å². The summed E-state index contributed by atoms with van der Waals surface area (Å²) in [5.41, 5.74) is 5.57. The van der Waals surface area contributed by atoms with E-state index in [1.165, 1.54) is 0 Å². The van der Waals surface area contributed by atoms with Crippen molar-refractivity contribution < 1.29 is 4.74 Å². The maximum atomic E-state index is 5.57. The highest BCUT2D eigenvalue weighted by atomic mass is 16.5. The van der Waals surface area contributed by atoms with E-state index in [4.69, 9.17) is 16.9 Å². The van der Waals surface area contributed by atoms with Gasteiger partial charge in [-0.15, -0.1) is 6.42 Å². The summed E-state index contributed by atoms with van der Waals surface area (Å²) in [5, 5.41) is 0. The molecule has 0 bridgehead atoms. The van der Waals surface area contributed by atoms with Crippen LogP contribution in [0, 0.1) is 12.3 Å². The summed E-state index contributed by atoms with van der Waals surface area (Å²) in [6.45, 7) is 5.30. The third-order valence-corrected chi connectivity index (χ3v) is 2.43. The first-order valence-corrected chi connectivity index (χ1v) is 4.79. The van der Waals surface area contributed by atoms with E-state index in [0.717, 1.165) is 26.1 Å². The molecule has 2 unspecified atom stereocenters. The van der Waals surface area contributed by atoms with Crippen LogP contribution in [-0.4, -0.2) is 43.3 Å². The molecular formula is C10H18N2O. The zero-order chi connectivity index (χ0) is 9.68. The smallest absolute Gasteiger partial charge is 0.0824 e. The standard InChI is InChI=1S/C10H18N2O/c1-3-9(2)12-5-4-6-13-10(7-11)8-12/h1,9-10H,4-8,11H2,2H3. The third kappa shape index (κ3) is 3.00. The van der Waals surface area contributed by atoms with Gasteiger partial charge in [-0.1, -0.05) is 5.92 Å². The third-order valence-electron chi connectivity index (χ3n) is 2.43. The molecule has 0 spiro atoms. The summed E-state index contributed by atoms with van der Waals surface area (Å²) in [6, 6.07) is 0.191. The van der Waals surface area contributed by atoms with E-state index in [1.807, 2.05) is 6.92 Å². The first kappa shape index (κ1) is 10.5. The summed E-state index contributed by atoms with van der Waals surface area (Å²) in [7, 11) is 0. The number of hydrogen-bond acceptors (Lipinski definition) is 3. The molecule has 1 rings (SSSR count). The second kappa shape index (κ2) is 5.23. The van der Waals surface area contributed by atoms with Gasteiger partial charge in [0.05, 0.1) is 12.1 Å². The van der Waals surface area contributed by atoms with E-state index in [1.54, 1.807) is 0 Å². The zero-order valence-electron chi connectivity index (χ0n) is 8.20. The molecule has 0 amide bonds. The molecule has 2 atom stereocenters. The Labute approximate surface area is 80.2 Å². The Balaban J connectivity index is 2.49. The number of terminal acetylenes is 1. The quantitative estimate of drug-likeness (QED) is 0.614. The van der Waals surface area contributed by atoms with E-state index < -0.39 is 0 Å². The molecule has 0 aromatic carbocycles. The fourth-order valence-corrected chi connectivity index (χ4v) is 1.52. The number of nitrogens with two attached hydrogens (primary N) is 1. The summed E-state index contributed by atoms with van der Waals surface area (Å²) < 4.78 is 5.54. The highest BCUT2D eigenvalue weighted by molar-refractivity contribution is 4.98. The summed E-state index contributed by atoms with van der Waals surface area (Å²) in [6.07, 6.45) is 6.57. The largest absolute Gasteiger partial charge is 0.376 e. The van der Waals surface area contributed by atoms with Crippen LogP contribution in [-0.2, 0) is 4.74 Å². The van der Waals surface area contributed by atoms with Gasteiger partial charge < -0.3 is 10.5 Å². The van der Waals surface area contributed by atoms with Gasteiger partial charge in [0.25, 0.3) is 0 Å². The van der Waals surface area contributed by atoms with Crippen molar-refractivity contribution in [3.63, 3.8) is 0 Å². The molecule has 0 aliphatic carbocycles. The van der Waals surface area contributed by atoms with Crippen molar-refractivity contribution in [2.75, 3.05) is 26.2 Å². The van der Waals surface area contributed by atoms with Crippen molar-refractivity contribution in [3.05, 3.63) is 0 Å². The summed E-state index contributed by atoms with van der Waals surface area (Å²) in [4.78, 5) is 2.25. The van der Waals surface area contributed by atoms with Crippen LogP contribution in [0.25, 0.3) is 0 Å². The molecule has 3 heteroatoms. The molecule has 2 N–H and O–H groups in total. The van der Waals surface area contributed by atoms with Gasteiger partial charge in [0.15, 0.2) is 0 Å². The minimum atomic E-state index is 0.151. The van der Waals surface area contributed by atoms with Crippen molar-refractivity contribution in [1.29, 1.82) is 0 Å². The first-order chi connectivity index (χ1) is 6.27. The lowest BCUT2D eigenvalue weighted by atomic mass is 10.2. The number of ether oxygens (including phenoxy) is 1. The van der Waals surface area contributed by atoms with Gasteiger partial charge in [-0.2, -0.15) is 0 Å². The molecule has 0 radical (unpaired) electrons. The van der Waals surface area contributed by atoms with Gasteiger partial charge in [-0.3, -0.25) is 4.90 Å². The molecule has 3 nitrogen and oxygen atoms in total. The average molecular weight is 182 g/mol. The molecule has 1 saturated heterocycles. The van der Waals surface area contributed by atoms with Gasteiger partial charge in [-0.25, -0.2) is 0 Å². The Bertz CT molecular complexity index is 188. The molecule has 1 aliphatic heterocycles. The number of hydrogen-bond donors (Lipinski definition) is 1. The van der Waals surface area contributed by atoms with Crippen LogP contribution < -0.4 is 5.73 Å². The Hall–Kier alpha value is -0.560. The van der Waals surface area contributed by atoms with Crippen LogP contribution in [0.5, 0.6) is 0 Å². The van der Waals surface area contributed by atoms with E-state index in [0.29, 0.717) is 6.54 Å². The monoisotopic (exact) mass is 182 g/mol. The van der Waals surface area contributed by atoms with Crippen molar-refractivity contribution in [2.45, 2.75) is 25.5 Å². The van der Waals surface area contributed by atoms with Crippen LogP contribution in [0.1, 0.15) is 13.3 Å². The average Bonchev–Trinajstić information content (AvgIpc) is 2.41. The Kier molecular flexibility index (Phi) is 4.23. The topological polar surface area (TPSA) is 38.5 Å². The molecule has 74 valence electrons. The fourth-order valence-electron chi connectivity index (χ4n) is 1.52. The summed E-state index contributed by atoms with van der Waals surface area (Å²) in [5.74, 6) is 2.74. The molecule has 1 heterocycles. The fraction of sp³-hybridized carbons (Fsp3) is 0.800. The van der Waals surface area contributed by atoms with Crippen LogP contribution in [0.3, 0.4) is 0 Å². The Morgan fingerprint density at radius 1 is 1.77 bits per heavy atom. The van der Waals surface area contributed by atoms with Crippen molar-refractivity contribution in [2.24, 2.45) is 5.73 Å².